The lowest BCUT2D eigenvalue weighted by Crippen LogP contribution is -1.93. The van der Waals surface area contributed by atoms with Crippen molar-refractivity contribution in [2.45, 2.75) is 13.3 Å². The van der Waals surface area contributed by atoms with Crippen molar-refractivity contribution >= 4 is 11.3 Å². The van der Waals surface area contributed by atoms with Gasteiger partial charge in [0.15, 0.2) is 5.65 Å². The molecule has 0 bridgehead atoms. The molecule has 0 aliphatic heterocycles. The van der Waals surface area contributed by atoms with Crippen LogP contribution >= 0.6 is 0 Å². The van der Waals surface area contributed by atoms with Crippen LogP contribution in [0.4, 0.5) is 5.69 Å². The molecule has 2 heterocycles. The summed E-state index contributed by atoms with van der Waals surface area (Å²) in [5, 5.41) is 8.29. The monoisotopic (exact) mass is 238 g/mol. The van der Waals surface area contributed by atoms with Crippen LogP contribution in [0.2, 0.25) is 0 Å². The second-order valence-electron chi connectivity index (χ2n) is 4.24. The van der Waals surface area contributed by atoms with Gasteiger partial charge in [0, 0.05) is 18.3 Å². The third-order valence-electron chi connectivity index (χ3n) is 3.03. The smallest absolute Gasteiger partial charge is 0.160 e. The summed E-state index contributed by atoms with van der Waals surface area (Å²) in [4.78, 5) is 0. The Morgan fingerprint density at radius 1 is 1.00 bits per heavy atom. The van der Waals surface area contributed by atoms with Crippen LogP contribution in [0.5, 0.6) is 0 Å². The molecule has 0 unspecified atom stereocenters. The number of nitrogens with two attached hydrogens (primary N) is 1. The summed E-state index contributed by atoms with van der Waals surface area (Å²) in [5.41, 5.74) is 9.63. The highest BCUT2D eigenvalue weighted by Crippen LogP contribution is 2.21. The lowest BCUT2D eigenvalue weighted by Gasteiger charge is -2.04. The fourth-order valence-electron chi connectivity index (χ4n) is 2.03. The Hall–Kier alpha value is -2.36. The maximum atomic E-state index is 5.70. The summed E-state index contributed by atoms with van der Waals surface area (Å²) in [5.74, 6) is 0.974. The molecule has 0 saturated heterocycles. The van der Waals surface area contributed by atoms with Crippen LogP contribution in [-0.2, 0) is 6.42 Å². The molecule has 0 aliphatic carbocycles. The first kappa shape index (κ1) is 10.8. The Balaban J connectivity index is 2.14. The van der Waals surface area contributed by atoms with E-state index in [1.54, 1.807) is 0 Å². The zero-order valence-electron chi connectivity index (χ0n) is 10.2. The Morgan fingerprint density at radius 3 is 2.44 bits per heavy atom. The lowest BCUT2D eigenvalue weighted by molar-refractivity contribution is 0.910. The molecular weight excluding hydrogens is 224 g/mol. The maximum Gasteiger partial charge on any atom is 0.160 e. The van der Waals surface area contributed by atoms with Gasteiger partial charge in [0.1, 0.15) is 5.82 Å². The highest BCUT2D eigenvalue weighted by atomic mass is 15.2. The molecule has 2 aromatic heterocycles. The van der Waals surface area contributed by atoms with Gasteiger partial charge in [-0.05, 0) is 35.4 Å². The van der Waals surface area contributed by atoms with Crippen LogP contribution in [0.3, 0.4) is 0 Å². The van der Waals surface area contributed by atoms with Crippen LogP contribution < -0.4 is 5.73 Å². The molecule has 2 N–H and O–H groups in total. The number of hydrogen-bond acceptors (Lipinski definition) is 3. The van der Waals surface area contributed by atoms with Crippen molar-refractivity contribution in [3.8, 4) is 11.1 Å². The van der Waals surface area contributed by atoms with E-state index in [1.165, 1.54) is 0 Å². The number of nitrogen functional groups attached to an aromatic ring is 1. The van der Waals surface area contributed by atoms with Gasteiger partial charge in [-0.25, -0.2) is 0 Å². The van der Waals surface area contributed by atoms with E-state index < -0.39 is 0 Å². The number of pyridine rings is 1. The number of fused-ring (bicyclic) bond motifs is 1. The molecule has 0 atom stereocenters. The van der Waals surface area contributed by atoms with Gasteiger partial charge in [0.2, 0.25) is 0 Å². The summed E-state index contributed by atoms with van der Waals surface area (Å²) < 4.78 is 2.03. The number of aromatic nitrogens is 3. The summed E-state index contributed by atoms with van der Waals surface area (Å²) in [7, 11) is 0. The normalized spacial score (nSPS) is 10.9. The third-order valence-corrected chi connectivity index (χ3v) is 3.03. The SMILES string of the molecule is CCc1nnc2ccc(-c3ccc(N)cc3)cn12. The molecule has 0 spiro atoms. The van der Waals surface area contributed by atoms with Crippen molar-refractivity contribution < 1.29 is 0 Å². The molecule has 0 fully saturated rings. The van der Waals surface area contributed by atoms with Gasteiger partial charge in [-0.3, -0.25) is 4.40 Å². The summed E-state index contributed by atoms with van der Waals surface area (Å²) in [6.45, 7) is 2.08. The minimum Gasteiger partial charge on any atom is -0.399 e. The zero-order chi connectivity index (χ0) is 12.5. The number of benzene rings is 1. The molecule has 0 aliphatic rings. The molecule has 4 nitrogen and oxygen atoms in total. The largest absolute Gasteiger partial charge is 0.399 e. The maximum absolute atomic E-state index is 5.70. The van der Waals surface area contributed by atoms with Crippen molar-refractivity contribution in [2.24, 2.45) is 0 Å². The quantitative estimate of drug-likeness (QED) is 0.698. The van der Waals surface area contributed by atoms with E-state index in [0.29, 0.717) is 0 Å². The predicted molar refractivity (Wildman–Crippen MR) is 72.2 cm³/mol. The lowest BCUT2D eigenvalue weighted by atomic mass is 10.1. The fraction of sp³-hybridized carbons (Fsp3) is 0.143. The van der Waals surface area contributed by atoms with Crippen LogP contribution in [0.25, 0.3) is 16.8 Å². The van der Waals surface area contributed by atoms with Gasteiger partial charge < -0.3 is 5.73 Å². The van der Waals surface area contributed by atoms with E-state index in [4.69, 9.17) is 5.73 Å². The van der Waals surface area contributed by atoms with E-state index >= 15 is 0 Å². The number of rotatable bonds is 2. The molecule has 90 valence electrons. The molecule has 3 rings (SSSR count). The first-order valence-electron chi connectivity index (χ1n) is 5.97. The molecule has 0 saturated carbocycles. The first-order chi connectivity index (χ1) is 8.78. The van der Waals surface area contributed by atoms with Crippen LogP contribution in [0.1, 0.15) is 12.7 Å². The number of nitrogens with zero attached hydrogens (tertiary/aromatic N) is 3. The van der Waals surface area contributed by atoms with Gasteiger partial charge in [0.25, 0.3) is 0 Å². The van der Waals surface area contributed by atoms with Gasteiger partial charge >= 0.3 is 0 Å². The van der Waals surface area contributed by atoms with Crippen LogP contribution in [0.15, 0.2) is 42.6 Å². The minimum atomic E-state index is 0.776. The summed E-state index contributed by atoms with van der Waals surface area (Å²) in [6.07, 6.45) is 2.94. The van der Waals surface area contributed by atoms with Crippen molar-refractivity contribution in [1.29, 1.82) is 0 Å². The summed E-state index contributed by atoms with van der Waals surface area (Å²) >= 11 is 0. The van der Waals surface area contributed by atoms with Gasteiger partial charge in [-0.1, -0.05) is 19.1 Å². The molecule has 1 aromatic carbocycles. The van der Waals surface area contributed by atoms with Crippen molar-refractivity contribution in [1.82, 2.24) is 14.6 Å². The first-order valence-corrected chi connectivity index (χ1v) is 5.97. The van der Waals surface area contributed by atoms with E-state index in [-0.39, 0.29) is 0 Å². The second kappa shape index (κ2) is 4.14. The Kier molecular flexibility index (Phi) is 2.48. The Labute approximate surface area is 105 Å². The van der Waals surface area contributed by atoms with E-state index in [2.05, 4.69) is 29.4 Å². The van der Waals surface area contributed by atoms with E-state index in [9.17, 15) is 0 Å². The number of anilines is 1. The highest BCUT2D eigenvalue weighted by Gasteiger charge is 2.05. The molecule has 18 heavy (non-hydrogen) atoms. The van der Waals surface area contributed by atoms with E-state index in [0.717, 1.165) is 34.7 Å². The van der Waals surface area contributed by atoms with Gasteiger partial charge in [-0.15, -0.1) is 10.2 Å². The van der Waals surface area contributed by atoms with Crippen molar-refractivity contribution in [2.75, 3.05) is 5.73 Å². The van der Waals surface area contributed by atoms with Crippen LogP contribution in [0, 0.1) is 0 Å². The molecule has 4 heteroatoms. The van der Waals surface area contributed by atoms with Crippen molar-refractivity contribution in [3.05, 3.63) is 48.4 Å². The standard InChI is InChI=1S/C14H14N4/c1-2-13-16-17-14-8-5-11(9-18(13)14)10-3-6-12(15)7-4-10/h3-9H,2,15H2,1H3. The topological polar surface area (TPSA) is 56.2 Å². The average molecular weight is 238 g/mol. The average Bonchev–Trinajstić information content (AvgIpc) is 2.81. The Bertz CT molecular complexity index is 683. The second-order valence-corrected chi connectivity index (χ2v) is 4.24. The van der Waals surface area contributed by atoms with Gasteiger partial charge in [-0.2, -0.15) is 0 Å². The molecule has 3 aromatic rings. The predicted octanol–water partition coefficient (Wildman–Crippen LogP) is 2.54. The fourth-order valence-corrected chi connectivity index (χ4v) is 2.03. The van der Waals surface area contributed by atoms with Crippen LogP contribution in [-0.4, -0.2) is 14.6 Å². The molecule has 0 radical (unpaired) electrons. The third kappa shape index (κ3) is 1.72. The molecule has 0 amide bonds. The zero-order valence-corrected chi connectivity index (χ0v) is 10.2. The molecular formula is C14H14N4. The number of aryl methyl sites for hydroxylation is 1. The van der Waals surface area contributed by atoms with Crippen molar-refractivity contribution in [3.63, 3.8) is 0 Å². The summed E-state index contributed by atoms with van der Waals surface area (Å²) in [6, 6.07) is 11.9. The number of hydrogen-bond donors (Lipinski definition) is 1. The van der Waals surface area contributed by atoms with Gasteiger partial charge in [0.05, 0.1) is 0 Å². The minimum absolute atomic E-state index is 0.776. The van der Waals surface area contributed by atoms with E-state index in [1.807, 2.05) is 34.7 Å². The Morgan fingerprint density at radius 2 is 1.72 bits per heavy atom. The highest BCUT2D eigenvalue weighted by molar-refractivity contribution is 5.66.